The number of nitrogen functional groups attached to an aromatic ring is 1. The summed E-state index contributed by atoms with van der Waals surface area (Å²) in [5.41, 5.74) is 4.79. The van der Waals surface area contributed by atoms with Gasteiger partial charge in [-0.05, 0) is 43.7 Å². The van der Waals surface area contributed by atoms with Crippen molar-refractivity contribution >= 4 is 11.6 Å². The minimum absolute atomic E-state index is 0.0606. The molecule has 2 N–H and O–H groups in total. The van der Waals surface area contributed by atoms with Crippen molar-refractivity contribution in [2.45, 2.75) is 44.6 Å². The first-order chi connectivity index (χ1) is 10.1. The van der Waals surface area contributed by atoms with Crippen molar-refractivity contribution in [3.63, 3.8) is 0 Å². The number of amides is 1. The average Bonchev–Trinajstić information content (AvgIpc) is 2.51. The maximum absolute atomic E-state index is 13.6. The quantitative estimate of drug-likeness (QED) is 0.807. The first-order valence-electron chi connectivity index (χ1n) is 7.63. The zero-order chi connectivity index (χ0) is 15.0. The lowest BCUT2D eigenvalue weighted by atomic mass is 9.78. The number of nitrogens with zero attached hydrogens (tertiary/aromatic N) is 1. The zero-order valence-electron chi connectivity index (χ0n) is 11.9. The molecule has 0 unspecified atom stereocenters. The SMILES string of the molecule is Nc1c(F)cc(C(=O)N2CCC[C@H]3CCCC[C@H]32)cc1F. The van der Waals surface area contributed by atoms with Crippen molar-refractivity contribution in [1.29, 1.82) is 0 Å². The van der Waals surface area contributed by atoms with Crippen LogP contribution >= 0.6 is 0 Å². The van der Waals surface area contributed by atoms with Gasteiger partial charge in [0.05, 0.1) is 0 Å². The minimum atomic E-state index is -0.865. The molecule has 0 bridgehead atoms. The van der Waals surface area contributed by atoms with Gasteiger partial charge < -0.3 is 10.6 Å². The van der Waals surface area contributed by atoms with Crippen molar-refractivity contribution in [2.24, 2.45) is 5.92 Å². The van der Waals surface area contributed by atoms with Gasteiger partial charge >= 0.3 is 0 Å². The smallest absolute Gasteiger partial charge is 0.254 e. The number of piperidine rings is 1. The summed E-state index contributed by atoms with van der Waals surface area (Å²) in [5, 5.41) is 0. The summed E-state index contributed by atoms with van der Waals surface area (Å²) in [6, 6.07) is 2.32. The van der Waals surface area contributed by atoms with Crippen LogP contribution in [0.3, 0.4) is 0 Å². The Balaban J connectivity index is 1.87. The van der Waals surface area contributed by atoms with Gasteiger partial charge in [-0.2, -0.15) is 0 Å². The van der Waals surface area contributed by atoms with Gasteiger partial charge in [0.1, 0.15) is 17.3 Å². The van der Waals surface area contributed by atoms with Crippen LogP contribution in [0.1, 0.15) is 48.9 Å². The van der Waals surface area contributed by atoms with Gasteiger partial charge in [0.25, 0.3) is 5.91 Å². The van der Waals surface area contributed by atoms with E-state index in [2.05, 4.69) is 0 Å². The van der Waals surface area contributed by atoms with Crippen molar-refractivity contribution in [1.82, 2.24) is 4.90 Å². The monoisotopic (exact) mass is 294 g/mol. The van der Waals surface area contributed by atoms with Crippen LogP contribution in [0.4, 0.5) is 14.5 Å². The molecule has 1 saturated heterocycles. The van der Waals surface area contributed by atoms with E-state index in [9.17, 15) is 13.6 Å². The third-order valence-corrected chi connectivity index (χ3v) is 4.83. The fourth-order valence-electron chi connectivity index (χ4n) is 3.75. The lowest BCUT2D eigenvalue weighted by Crippen LogP contribution is -2.49. The highest BCUT2D eigenvalue weighted by molar-refractivity contribution is 5.95. The maximum Gasteiger partial charge on any atom is 0.254 e. The lowest BCUT2D eigenvalue weighted by molar-refractivity contribution is 0.0390. The maximum atomic E-state index is 13.6. The topological polar surface area (TPSA) is 46.3 Å². The molecule has 1 amide bonds. The molecule has 1 aromatic carbocycles. The standard InChI is InChI=1S/C16H20F2N2O/c17-12-8-11(9-13(18)15(12)19)16(21)20-7-3-5-10-4-1-2-6-14(10)20/h8-10,14H,1-7,19H2/t10-,14-/m1/s1. The van der Waals surface area contributed by atoms with Crippen molar-refractivity contribution < 1.29 is 13.6 Å². The number of halogens is 2. The third-order valence-electron chi connectivity index (χ3n) is 4.83. The van der Waals surface area contributed by atoms with Crippen LogP contribution in [0, 0.1) is 17.6 Å². The Labute approximate surface area is 123 Å². The van der Waals surface area contributed by atoms with Crippen LogP contribution in [-0.2, 0) is 0 Å². The molecule has 0 spiro atoms. The number of likely N-dealkylation sites (tertiary alicyclic amines) is 1. The molecule has 2 fully saturated rings. The van der Waals surface area contributed by atoms with E-state index < -0.39 is 17.3 Å². The molecular weight excluding hydrogens is 274 g/mol. The highest BCUT2D eigenvalue weighted by atomic mass is 19.1. The number of hydrogen-bond donors (Lipinski definition) is 1. The van der Waals surface area contributed by atoms with E-state index in [-0.39, 0.29) is 17.5 Å². The summed E-state index contributed by atoms with van der Waals surface area (Å²) >= 11 is 0. The Morgan fingerprint density at radius 3 is 2.43 bits per heavy atom. The number of nitrogens with two attached hydrogens (primary N) is 1. The lowest BCUT2D eigenvalue weighted by Gasteiger charge is -2.44. The fraction of sp³-hybridized carbons (Fsp3) is 0.562. The summed E-state index contributed by atoms with van der Waals surface area (Å²) in [6.07, 6.45) is 6.60. The summed E-state index contributed by atoms with van der Waals surface area (Å²) < 4.78 is 27.1. The zero-order valence-corrected chi connectivity index (χ0v) is 11.9. The fourth-order valence-corrected chi connectivity index (χ4v) is 3.75. The van der Waals surface area contributed by atoms with Crippen molar-refractivity contribution in [3.05, 3.63) is 29.3 Å². The second-order valence-corrected chi connectivity index (χ2v) is 6.11. The Morgan fingerprint density at radius 1 is 1.10 bits per heavy atom. The van der Waals surface area contributed by atoms with Gasteiger partial charge in [0.2, 0.25) is 0 Å². The molecule has 0 aromatic heterocycles. The molecule has 1 heterocycles. The van der Waals surface area contributed by atoms with Crippen LogP contribution in [0.25, 0.3) is 0 Å². The number of benzene rings is 1. The first kappa shape index (κ1) is 14.3. The highest BCUT2D eigenvalue weighted by Crippen LogP contribution is 2.36. The molecular formula is C16H20F2N2O. The molecule has 2 aliphatic rings. The Kier molecular flexibility index (Phi) is 3.83. The van der Waals surface area contributed by atoms with Gasteiger partial charge in [0.15, 0.2) is 0 Å². The van der Waals surface area contributed by atoms with Crippen LogP contribution in [-0.4, -0.2) is 23.4 Å². The number of fused-ring (bicyclic) bond motifs is 1. The van der Waals surface area contributed by atoms with Gasteiger partial charge in [-0.3, -0.25) is 4.79 Å². The van der Waals surface area contributed by atoms with E-state index >= 15 is 0 Å². The minimum Gasteiger partial charge on any atom is -0.394 e. The predicted molar refractivity (Wildman–Crippen MR) is 76.8 cm³/mol. The molecule has 2 atom stereocenters. The molecule has 0 radical (unpaired) electrons. The molecule has 1 aliphatic heterocycles. The van der Waals surface area contributed by atoms with Gasteiger partial charge in [-0.15, -0.1) is 0 Å². The number of rotatable bonds is 1. The van der Waals surface area contributed by atoms with E-state index in [1.54, 1.807) is 0 Å². The second-order valence-electron chi connectivity index (χ2n) is 6.11. The van der Waals surface area contributed by atoms with Crippen LogP contribution in [0.15, 0.2) is 12.1 Å². The van der Waals surface area contributed by atoms with Crippen molar-refractivity contribution in [3.8, 4) is 0 Å². The Hall–Kier alpha value is -1.65. The van der Waals surface area contributed by atoms with E-state index in [1.807, 2.05) is 4.90 Å². The van der Waals surface area contributed by atoms with Gasteiger partial charge in [0, 0.05) is 18.2 Å². The molecule has 1 aromatic rings. The van der Waals surface area contributed by atoms with E-state index in [4.69, 9.17) is 5.73 Å². The second kappa shape index (κ2) is 5.62. The highest BCUT2D eigenvalue weighted by Gasteiger charge is 2.36. The van der Waals surface area contributed by atoms with Gasteiger partial charge in [-0.1, -0.05) is 12.8 Å². The van der Waals surface area contributed by atoms with E-state index in [0.717, 1.165) is 44.2 Å². The Bertz CT molecular complexity index is 536. The number of hydrogen-bond acceptors (Lipinski definition) is 2. The molecule has 3 nitrogen and oxygen atoms in total. The summed E-state index contributed by atoms with van der Waals surface area (Å²) in [6.45, 7) is 0.674. The number of anilines is 1. The summed E-state index contributed by atoms with van der Waals surface area (Å²) in [5.74, 6) is -1.46. The molecule has 1 aliphatic carbocycles. The molecule has 5 heteroatoms. The predicted octanol–water partition coefficient (Wildman–Crippen LogP) is 3.34. The molecule has 1 saturated carbocycles. The summed E-state index contributed by atoms with van der Waals surface area (Å²) in [7, 11) is 0. The first-order valence-corrected chi connectivity index (χ1v) is 7.63. The molecule has 114 valence electrons. The van der Waals surface area contributed by atoms with E-state index in [1.165, 1.54) is 6.42 Å². The van der Waals surface area contributed by atoms with Crippen LogP contribution < -0.4 is 5.73 Å². The molecule has 21 heavy (non-hydrogen) atoms. The van der Waals surface area contributed by atoms with Gasteiger partial charge in [-0.25, -0.2) is 8.78 Å². The normalized spacial score (nSPS) is 25.5. The third kappa shape index (κ3) is 2.61. The number of carbonyl (C=O) groups excluding carboxylic acids is 1. The van der Waals surface area contributed by atoms with Crippen molar-refractivity contribution in [2.75, 3.05) is 12.3 Å². The van der Waals surface area contributed by atoms with E-state index in [0.29, 0.717) is 12.5 Å². The largest absolute Gasteiger partial charge is 0.394 e. The Morgan fingerprint density at radius 2 is 1.71 bits per heavy atom. The van der Waals surface area contributed by atoms with Crippen LogP contribution in [0.5, 0.6) is 0 Å². The van der Waals surface area contributed by atoms with Crippen LogP contribution in [0.2, 0.25) is 0 Å². The molecule has 3 rings (SSSR count). The number of carbonyl (C=O) groups is 1. The summed E-state index contributed by atoms with van der Waals surface area (Å²) in [4.78, 5) is 14.4. The average molecular weight is 294 g/mol.